The van der Waals surface area contributed by atoms with E-state index in [1.54, 1.807) is 0 Å². The SMILES string of the molecule is O=C(Nc1ccc(N2CCOCC2)cn1)N1CCN(CC2CCOC2)CC1. The molecule has 1 atom stereocenters. The number of hydrogen-bond donors (Lipinski definition) is 1. The van der Waals surface area contributed by atoms with E-state index in [2.05, 4.69) is 20.1 Å². The summed E-state index contributed by atoms with van der Waals surface area (Å²) < 4.78 is 10.8. The van der Waals surface area contributed by atoms with Crippen molar-refractivity contribution < 1.29 is 14.3 Å². The van der Waals surface area contributed by atoms with Crippen LogP contribution in [0, 0.1) is 5.92 Å². The molecule has 1 unspecified atom stereocenters. The number of carbonyl (C=O) groups is 1. The Balaban J connectivity index is 1.23. The lowest BCUT2D eigenvalue weighted by molar-refractivity contribution is 0.122. The van der Waals surface area contributed by atoms with Crippen LogP contribution in [0.5, 0.6) is 0 Å². The third-order valence-corrected chi connectivity index (χ3v) is 5.56. The summed E-state index contributed by atoms with van der Waals surface area (Å²) in [4.78, 5) is 23.5. The number of anilines is 2. The third-order valence-electron chi connectivity index (χ3n) is 5.56. The van der Waals surface area contributed by atoms with Gasteiger partial charge >= 0.3 is 6.03 Å². The van der Waals surface area contributed by atoms with Crippen LogP contribution in [-0.2, 0) is 9.47 Å². The topological polar surface area (TPSA) is 70.2 Å². The Bertz CT molecular complexity index is 606. The number of ether oxygens (including phenoxy) is 2. The number of pyridine rings is 1. The number of carbonyl (C=O) groups excluding carboxylic acids is 1. The standard InChI is InChI=1S/C19H29N5O3/c25-19(24-6-4-22(5-7-24)14-16-3-10-27-15-16)21-18-2-1-17(13-20-18)23-8-11-26-12-9-23/h1-2,13,16H,3-12,14-15H2,(H,20,21,25). The zero-order valence-electron chi connectivity index (χ0n) is 15.8. The van der Waals surface area contributed by atoms with E-state index in [4.69, 9.17) is 9.47 Å². The Morgan fingerprint density at radius 1 is 1.07 bits per heavy atom. The molecule has 0 saturated carbocycles. The molecule has 148 valence electrons. The second kappa shape index (κ2) is 8.86. The number of urea groups is 1. The molecule has 1 aromatic heterocycles. The normalized spacial score (nSPS) is 24.2. The summed E-state index contributed by atoms with van der Waals surface area (Å²) in [6.07, 6.45) is 2.98. The van der Waals surface area contributed by atoms with Crippen LogP contribution in [0.25, 0.3) is 0 Å². The van der Waals surface area contributed by atoms with Crippen molar-refractivity contribution in [3.05, 3.63) is 18.3 Å². The number of aromatic nitrogens is 1. The molecule has 1 aromatic rings. The van der Waals surface area contributed by atoms with E-state index in [0.717, 1.165) is 84.3 Å². The summed E-state index contributed by atoms with van der Waals surface area (Å²) >= 11 is 0. The maximum Gasteiger partial charge on any atom is 0.323 e. The molecule has 3 fully saturated rings. The smallest absolute Gasteiger partial charge is 0.323 e. The van der Waals surface area contributed by atoms with E-state index in [9.17, 15) is 4.79 Å². The van der Waals surface area contributed by atoms with Crippen molar-refractivity contribution in [3.63, 3.8) is 0 Å². The highest BCUT2D eigenvalue weighted by Crippen LogP contribution is 2.18. The number of nitrogens with one attached hydrogen (secondary N) is 1. The Kier molecular flexibility index (Phi) is 6.06. The Morgan fingerprint density at radius 3 is 2.56 bits per heavy atom. The molecule has 8 heteroatoms. The van der Waals surface area contributed by atoms with Gasteiger partial charge < -0.3 is 19.3 Å². The van der Waals surface area contributed by atoms with Gasteiger partial charge in [0.15, 0.2) is 0 Å². The molecule has 0 bridgehead atoms. The molecule has 4 rings (SSSR count). The van der Waals surface area contributed by atoms with Crippen molar-refractivity contribution in [1.82, 2.24) is 14.8 Å². The van der Waals surface area contributed by atoms with E-state index >= 15 is 0 Å². The number of morpholine rings is 1. The summed E-state index contributed by atoms with van der Waals surface area (Å²) in [6, 6.07) is 3.82. The summed E-state index contributed by atoms with van der Waals surface area (Å²) in [7, 11) is 0. The first kappa shape index (κ1) is 18.5. The van der Waals surface area contributed by atoms with Gasteiger partial charge in [-0.2, -0.15) is 0 Å². The molecule has 0 radical (unpaired) electrons. The fourth-order valence-electron chi connectivity index (χ4n) is 3.88. The Hall–Kier alpha value is -1.90. The monoisotopic (exact) mass is 375 g/mol. The molecule has 27 heavy (non-hydrogen) atoms. The van der Waals surface area contributed by atoms with Gasteiger partial charge in [-0.05, 0) is 24.5 Å². The molecule has 0 aliphatic carbocycles. The van der Waals surface area contributed by atoms with Gasteiger partial charge in [-0.15, -0.1) is 0 Å². The minimum atomic E-state index is -0.0644. The molecule has 2 amide bonds. The van der Waals surface area contributed by atoms with Crippen molar-refractivity contribution >= 4 is 17.5 Å². The molecule has 3 aliphatic rings. The van der Waals surface area contributed by atoms with E-state index in [1.807, 2.05) is 23.2 Å². The first-order chi connectivity index (χ1) is 13.3. The first-order valence-corrected chi connectivity index (χ1v) is 9.93. The predicted octanol–water partition coefficient (Wildman–Crippen LogP) is 1.10. The third kappa shape index (κ3) is 4.88. The van der Waals surface area contributed by atoms with Crippen LogP contribution in [0.1, 0.15) is 6.42 Å². The minimum absolute atomic E-state index is 0.0644. The van der Waals surface area contributed by atoms with Gasteiger partial charge in [-0.25, -0.2) is 9.78 Å². The number of amides is 2. The van der Waals surface area contributed by atoms with Gasteiger partial charge in [-0.3, -0.25) is 10.2 Å². The van der Waals surface area contributed by atoms with Crippen LogP contribution in [0.2, 0.25) is 0 Å². The van der Waals surface area contributed by atoms with Crippen molar-refractivity contribution in [3.8, 4) is 0 Å². The van der Waals surface area contributed by atoms with Crippen LogP contribution >= 0.6 is 0 Å². The van der Waals surface area contributed by atoms with Crippen LogP contribution in [-0.4, -0.2) is 93.1 Å². The highest BCUT2D eigenvalue weighted by Gasteiger charge is 2.25. The fraction of sp³-hybridized carbons (Fsp3) is 0.684. The Labute approximate surface area is 160 Å². The molecule has 3 aliphatic heterocycles. The first-order valence-electron chi connectivity index (χ1n) is 9.93. The van der Waals surface area contributed by atoms with Crippen LogP contribution in [0.3, 0.4) is 0 Å². The van der Waals surface area contributed by atoms with Crippen LogP contribution in [0.15, 0.2) is 18.3 Å². The van der Waals surface area contributed by atoms with Gasteiger partial charge in [0.25, 0.3) is 0 Å². The molecular formula is C19H29N5O3. The summed E-state index contributed by atoms with van der Waals surface area (Å²) in [6.45, 7) is 9.47. The molecule has 0 spiro atoms. The molecule has 4 heterocycles. The van der Waals surface area contributed by atoms with Crippen LogP contribution in [0.4, 0.5) is 16.3 Å². The second-order valence-corrected chi connectivity index (χ2v) is 7.45. The number of nitrogens with zero attached hydrogens (tertiary/aromatic N) is 4. The molecule has 3 saturated heterocycles. The average Bonchev–Trinajstić information content (AvgIpc) is 3.23. The molecule has 1 N–H and O–H groups in total. The lowest BCUT2D eigenvalue weighted by Crippen LogP contribution is -2.51. The van der Waals surface area contributed by atoms with Gasteiger partial charge in [0.05, 0.1) is 31.7 Å². The zero-order chi connectivity index (χ0) is 18.5. The maximum absolute atomic E-state index is 12.5. The van der Waals surface area contributed by atoms with Gasteiger partial charge in [-0.1, -0.05) is 0 Å². The zero-order valence-corrected chi connectivity index (χ0v) is 15.8. The lowest BCUT2D eigenvalue weighted by Gasteiger charge is -2.35. The van der Waals surface area contributed by atoms with Crippen molar-refractivity contribution in [2.75, 3.05) is 82.5 Å². The second-order valence-electron chi connectivity index (χ2n) is 7.45. The lowest BCUT2D eigenvalue weighted by atomic mass is 10.1. The minimum Gasteiger partial charge on any atom is -0.381 e. The number of rotatable bonds is 4. The molecular weight excluding hydrogens is 346 g/mol. The summed E-state index contributed by atoms with van der Waals surface area (Å²) in [5.74, 6) is 1.25. The molecule has 0 aromatic carbocycles. The number of hydrogen-bond acceptors (Lipinski definition) is 6. The van der Waals surface area contributed by atoms with E-state index in [-0.39, 0.29) is 6.03 Å². The largest absolute Gasteiger partial charge is 0.381 e. The predicted molar refractivity (Wildman–Crippen MR) is 103 cm³/mol. The highest BCUT2D eigenvalue weighted by molar-refractivity contribution is 5.88. The average molecular weight is 375 g/mol. The van der Waals surface area contributed by atoms with E-state index < -0.39 is 0 Å². The fourth-order valence-corrected chi connectivity index (χ4v) is 3.88. The van der Waals surface area contributed by atoms with Crippen molar-refractivity contribution in [2.24, 2.45) is 5.92 Å². The van der Waals surface area contributed by atoms with E-state index in [0.29, 0.717) is 11.7 Å². The highest BCUT2D eigenvalue weighted by atomic mass is 16.5. The van der Waals surface area contributed by atoms with Crippen molar-refractivity contribution in [2.45, 2.75) is 6.42 Å². The van der Waals surface area contributed by atoms with Gasteiger partial charge in [0.1, 0.15) is 5.82 Å². The van der Waals surface area contributed by atoms with Crippen molar-refractivity contribution in [1.29, 1.82) is 0 Å². The van der Waals surface area contributed by atoms with Gasteiger partial charge in [0.2, 0.25) is 0 Å². The van der Waals surface area contributed by atoms with Crippen LogP contribution < -0.4 is 10.2 Å². The molecule has 8 nitrogen and oxygen atoms in total. The Morgan fingerprint density at radius 2 is 1.89 bits per heavy atom. The van der Waals surface area contributed by atoms with Gasteiger partial charge in [0, 0.05) is 52.4 Å². The van der Waals surface area contributed by atoms with E-state index in [1.165, 1.54) is 0 Å². The maximum atomic E-state index is 12.5. The quantitative estimate of drug-likeness (QED) is 0.850. The number of piperazine rings is 1. The summed E-state index contributed by atoms with van der Waals surface area (Å²) in [5, 5.41) is 2.92. The summed E-state index contributed by atoms with van der Waals surface area (Å²) in [5.41, 5.74) is 1.07.